The van der Waals surface area contributed by atoms with Gasteiger partial charge in [0.2, 0.25) is 0 Å². The summed E-state index contributed by atoms with van der Waals surface area (Å²) in [6.45, 7) is 0. The Labute approximate surface area is 148 Å². The van der Waals surface area contributed by atoms with E-state index in [9.17, 15) is 0 Å². The summed E-state index contributed by atoms with van der Waals surface area (Å²) in [6, 6.07) is 21.3. The summed E-state index contributed by atoms with van der Waals surface area (Å²) in [5.74, 6) is 0.391. The molecule has 1 fully saturated rings. The molecule has 0 amide bonds. The van der Waals surface area contributed by atoms with Crippen molar-refractivity contribution in [1.29, 1.82) is 0 Å². The molecular formula is C21H20N2S. The Balaban J connectivity index is 1.72. The molecule has 1 N–H and O–H groups in total. The second-order valence-electron chi connectivity index (χ2n) is 6.41. The Kier molecular flexibility index (Phi) is 4.26. The van der Waals surface area contributed by atoms with Crippen molar-refractivity contribution >= 4 is 29.1 Å². The van der Waals surface area contributed by atoms with E-state index in [1.807, 2.05) is 6.07 Å². The van der Waals surface area contributed by atoms with E-state index in [4.69, 9.17) is 17.2 Å². The lowest BCUT2D eigenvalue weighted by molar-refractivity contribution is 0.441. The summed E-state index contributed by atoms with van der Waals surface area (Å²) < 4.78 is 0. The van der Waals surface area contributed by atoms with Crippen molar-refractivity contribution in [2.45, 2.75) is 25.3 Å². The summed E-state index contributed by atoms with van der Waals surface area (Å²) in [5, 5.41) is 4.04. The van der Waals surface area contributed by atoms with Crippen LogP contribution in [0.25, 0.3) is 6.08 Å². The molecule has 0 radical (unpaired) electrons. The van der Waals surface area contributed by atoms with Crippen LogP contribution in [-0.2, 0) is 0 Å². The first-order valence-corrected chi connectivity index (χ1v) is 8.92. The van der Waals surface area contributed by atoms with Gasteiger partial charge in [0.15, 0.2) is 5.11 Å². The molecule has 2 nitrogen and oxygen atoms in total. The van der Waals surface area contributed by atoms with Crippen LogP contribution in [0.5, 0.6) is 0 Å². The first-order chi connectivity index (χ1) is 11.8. The monoisotopic (exact) mass is 332 g/mol. The van der Waals surface area contributed by atoms with Crippen LogP contribution in [0.15, 0.2) is 71.2 Å². The number of benzene rings is 2. The van der Waals surface area contributed by atoms with Crippen molar-refractivity contribution in [2.75, 3.05) is 0 Å². The van der Waals surface area contributed by atoms with E-state index in [0.29, 0.717) is 11.0 Å². The highest BCUT2D eigenvalue weighted by molar-refractivity contribution is 7.80. The zero-order chi connectivity index (χ0) is 16.4. The highest BCUT2D eigenvalue weighted by Gasteiger charge is 2.35. The fourth-order valence-corrected chi connectivity index (χ4v) is 3.97. The van der Waals surface area contributed by atoms with Crippen molar-refractivity contribution < 1.29 is 0 Å². The van der Waals surface area contributed by atoms with Gasteiger partial charge < -0.3 is 5.32 Å². The third-order valence-corrected chi connectivity index (χ3v) is 5.05. The van der Waals surface area contributed by atoms with Gasteiger partial charge in [-0.25, -0.2) is 4.99 Å². The molecule has 0 bridgehead atoms. The van der Waals surface area contributed by atoms with Gasteiger partial charge in [-0.05, 0) is 54.3 Å². The molecule has 4 rings (SSSR count). The van der Waals surface area contributed by atoms with Crippen LogP contribution in [0.2, 0.25) is 0 Å². The topological polar surface area (TPSA) is 24.4 Å². The van der Waals surface area contributed by atoms with E-state index in [-0.39, 0.29) is 6.04 Å². The summed E-state index contributed by atoms with van der Waals surface area (Å²) >= 11 is 5.44. The van der Waals surface area contributed by atoms with Crippen molar-refractivity contribution in [1.82, 2.24) is 5.32 Å². The maximum absolute atomic E-state index is 5.44. The Morgan fingerprint density at radius 2 is 1.71 bits per heavy atom. The van der Waals surface area contributed by atoms with E-state index in [0.717, 1.165) is 12.8 Å². The minimum absolute atomic E-state index is 0.227. The van der Waals surface area contributed by atoms with Crippen molar-refractivity contribution in [3.05, 3.63) is 77.4 Å². The second-order valence-corrected chi connectivity index (χ2v) is 6.80. The van der Waals surface area contributed by atoms with Gasteiger partial charge in [-0.2, -0.15) is 0 Å². The Hall–Kier alpha value is -2.26. The lowest BCUT2D eigenvalue weighted by Crippen LogP contribution is -2.42. The van der Waals surface area contributed by atoms with Crippen molar-refractivity contribution in [3.8, 4) is 0 Å². The van der Waals surface area contributed by atoms with Crippen molar-refractivity contribution in [3.63, 3.8) is 0 Å². The first kappa shape index (κ1) is 15.3. The van der Waals surface area contributed by atoms with Crippen LogP contribution in [0.1, 0.15) is 36.4 Å². The number of fused-ring (bicyclic) bond motifs is 1. The number of thiocarbonyl (C=S) groups is 1. The summed E-state index contributed by atoms with van der Waals surface area (Å²) in [6.07, 6.45) is 5.70. The summed E-state index contributed by atoms with van der Waals surface area (Å²) in [4.78, 5) is 4.73. The molecule has 24 heavy (non-hydrogen) atoms. The molecule has 2 aliphatic rings. The zero-order valence-corrected chi connectivity index (χ0v) is 14.3. The Morgan fingerprint density at radius 1 is 1.00 bits per heavy atom. The maximum Gasteiger partial charge on any atom is 0.193 e. The largest absolute Gasteiger partial charge is 0.353 e. The van der Waals surface area contributed by atoms with Gasteiger partial charge in [0, 0.05) is 5.92 Å². The van der Waals surface area contributed by atoms with Gasteiger partial charge in [-0.3, -0.25) is 0 Å². The third-order valence-electron chi connectivity index (χ3n) is 4.84. The molecule has 0 spiro atoms. The fourth-order valence-electron chi connectivity index (χ4n) is 3.74. The normalized spacial score (nSPS) is 24.9. The molecule has 3 heteroatoms. The van der Waals surface area contributed by atoms with E-state index in [2.05, 4.69) is 66.0 Å². The molecule has 1 saturated carbocycles. The molecule has 2 unspecified atom stereocenters. The number of hydrogen-bond acceptors (Lipinski definition) is 1. The van der Waals surface area contributed by atoms with E-state index in [1.54, 1.807) is 0 Å². The predicted octanol–water partition coefficient (Wildman–Crippen LogP) is 4.94. The number of allylic oxidation sites excluding steroid dienone is 1. The number of hydrogen-bond donors (Lipinski definition) is 1. The van der Waals surface area contributed by atoms with Gasteiger partial charge >= 0.3 is 0 Å². The van der Waals surface area contributed by atoms with Gasteiger partial charge in [-0.15, -0.1) is 0 Å². The van der Waals surface area contributed by atoms with Crippen LogP contribution in [0.3, 0.4) is 0 Å². The molecule has 1 aliphatic carbocycles. The number of rotatable bonds is 2. The smallest absolute Gasteiger partial charge is 0.193 e. The molecule has 120 valence electrons. The highest BCUT2D eigenvalue weighted by Crippen LogP contribution is 2.38. The standard InChI is InChI=1S/C21H20N2S/c24-21-22-19(16-10-5-2-6-11-16)18-13-7-12-17(20(18)23-21)14-15-8-3-1-4-9-15/h1-6,8-11,14,18-19H,7,12-13H2,(H,22,24)/b17-14+. The summed E-state index contributed by atoms with van der Waals surface area (Å²) in [7, 11) is 0. The molecule has 2 aromatic rings. The number of aliphatic imine (C=N–C) groups is 1. The highest BCUT2D eigenvalue weighted by atomic mass is 32.1. The average Bonchev–Trinajstić information content (AvgIpc) is 2.63. The second kappa shape index (κ2) is 6.70. The third kappa shape index (κ3) is 3.04. The van der Waals surface area contributed by atoms with Crippen LogP contribution >= 0.6 is 12.2 Å². The first-order valence-electron chi connectivity index (χ1n) is 8.51. The predicted molar refractivity (Wildman–Crippen MR) is 104 cm³/mol. The van der Waals surface area contributed by atoms with Crippen LogP contribution in [-0.4, -0.2) is 10.8 Å². The van der Waals surface area contributed by atoms with Crippen LogP contribution in [0, 0.1) is 5.92 Å². The molecular weight excluding hydrogens is 312 g/mol. The number of nitrogens with zero attached hydrogens (tertiary/aromatic N) is 1. The lowest BCUT2D eigenvalue weighted by atomic mass is 9.76. The molecule has 2 atom stereocenters. The summed E-state index contributed by atoms with van der Waals surface area (Å²) in [5.41, 5.74) is 5.04. The maximum atomic E-state index is 5.44. The SMILES string of the molecule is S=C1N=C2/C(=C/c3ccccc3)CCCC2C(c2ccccc2)N1. The zero-order valence-electron chi connectivity index (χ0n) is 13.5. The molecule has 0 aromatic heterocycles. The molecule has 0 saturated heterocycles. The van der Waals surface area contributed by atoms with E-state index >= 15 is 0 Å². The average molecular weight is 332 g/mol. The minimum atomic E-state index is 0.227. The van der Waals surface area contributed by atoms with Gasteiger partial charge in [0.1, 0.15) is 0 Å². The minimum Gasteiger partial charge on any atom is -0.353 e. The quantitative estimate of drug-likeness (QED) is 0.788. The molecule has 1 heterocycles. The molecule has 1 aliphatic heterocycles. The Morgan fingerprint density at radius 3 is 2.46 bits per heavy atom. The fraction of sp³-hybridized carbons (Fsp3) is 0.238. The van der Waals surface area contributed by atoms with E-state index in [1.165, 1.54) is 28.8 Å². The lowest BCUT2D eigenvalue weighted by Gasteiger charge is -2.37. The van der Waals surface area contributed by atoms with Crippen LogP contribution in [0.4, 0.5) is 0 Å². The van der Waals surface area contributed by atoms with Crippen LogP contribution < -0.4 is 5.32 Å². The Bertz CT molecular complexity index is 793. The van der Waals surface area contributed by atoms with E-state index < -0.39 is 0 Å². The van der Waals surface area contributed by atoms with Gasteiger partial charge in [-0.1, -0.05) is 60.7 Å². The molecule has 2 aromatic carbocycles. The van der Waals surface area contributed by atoms with Gasteiger partial charge in [0.05, 0.1) is 11.8 Å². The number of nitrogens with one attached hydrogen (secondary N) is 1. The van der Waals surface area contributed by atoms with Gasteiger partial charge in [0.25, 0.3) is 0 Å². The van der Waals surface area contributed by atoms with Crippen molar-refractivity contribution in [2.24, 2.45) is 10.9 Å².